The molecule has 0 aliphatic heterocycles. The van der Waals surface area contributed by atoms with E-state index in [1.54, 1.807) is 7.11 Å². The number of hydrogen-bond acceptors (Lipinski definition) is 3. The second-order valence-electron chi connectivity index (χ2n) is 10.4. The molecule has 0 radical (unpaired) electrons. The van der Waals surface area contributed by atoms with Crippen LogP contribution in [0.2, 0.25) is 0 Å². The molecule has 0 atom stereocenters. The molecule has 0 amide bonds. The number of rotatable bonds is 5. The van der Waals surface area contributed by atoms with Crippen molar-refractivity contribution in [2.45, 2.75) is 76.0 Å². The van der Waals surface area contributed by atoms with Crippen LogP contribution in [0.4, 0.5) is 0 Å². The Balaban J connectivity index is 0.000000730. The zero-order valence-corrected chi connectivity index (χ0v) is 22.6. The molecule has 1 N–H and O–H groups in total. The molecule has 5 saturated carbocycles. The van der Waals surface area contributed by atoms with E-state index in [4.69, 9.17) is 26.8 Å². The van der Waals surface area contributed by atoms with Gasteiger partial charge in [0.25, 0.3) is 0 Å². The average molecular weight is 544 g/mol. The number of hydrogen-bond donors (Lipinski definition) is 1. The SMILES string of the molecule is COc1cc(C=NCC2CCCCC2)c(O)c(C23CC4CC(CC(C4)C2)C3)c1.[Cl][Zr][Cl]. The molecule has 31 heavy (non-hydrogen) atoms. The van der Waals surface area contributed by atoms with E-state index in [0.29, 0.717) is 5.75 Å². The Bertz CT molecular complexity index is 744. The summed E-state index contributed by atoms with van der Waals surface area (Å²) in [6.45, 7) is 0.892. The van der Waals surface area contributed by atoms with Crippen LogP contribution in [0.3, 0.4) is 0 Å². The van der Waals surface area contributed by atoms with Gasteiger partial charge in [0.15, 0.2) is 0 Å². The van der Waals surface area contributed by atoms with Gasteiger partial charge >= 0.3 is 37.9 Å². The molecule has 1 aromatic rings. The predicted molar refractivity (Wildman–Crippen MR) is 125 cm³/mol. The predicted octanol–water partition coefficient (Wildman–Crippen LogP) is 7.24. The maximum atomic E-state index is 11.3. The first kappa shape index (κ1) is 24.1. The first-order chi connectivity index (χ1) is 15.1. The number of ether oxygens (including phenoxy) is 1. The summed E-state index contributed by atoms with van der Waals surface area (Å²) < 4.78 is 5.64. The third-order valence-electron chi connectivity index (χ3n) is 8.28. The van der Waals surface area contributed by atoms with E-state index in [9.17, 15) is 5.11 Å². The number of phenolic OH excluding ortho intramolecular Hbond substituents is 1. The molecule has 5 aliphatic rings. The minimum atomic E-state index is -0.826. The van der Waals surface area contributed by atoms with Gasteiger partial charge in [0.1, 0.15) is 11.5 Å². The summed E-state index contributed by atoms with van der Waals surface area (Å²) in [7, 11) is 11.6. The van der Waals surface area contributed by atoms with Crippen molar-refractivity contribution in [1.82, 2.24) is 0 Å². The van der Waals surface area contributed by atoms with Crippen molar-refractivity contribution in [3.63, 3.8) is 0 Å². The Morgan fingerprint density at radius 2 is 1.65 bits per heavy atom. The van der Waals surface area contributed by atoms with Crippen molar-refractivity contribution < 1.29 is 30.7 Å². The number of aliphatic imine (C=N–C) groups is 1. The molecule has 170 valence electrons. The fourth-order valence-corrected chi connectivity index (χ4v) is 7.36. The number of nitrogens with zero attached hydrogens (tertiary/aromatic N) is 1. The van der Waals surface area contributed by atoms with Crippen LogP contribution in [-0.4, -0.2) is 25.0 Å². The zero-order chi connectivity index (χ0) is 21.8. The summed E-state index contributed by atoms with van der Waals surface area (Å²) >= 11 is -0.826. The molecule has 0 unspecified atom stereocenters. The average Bonchev–Trinajstić information content (AvgIpc) is 2.75. The molecule has 0 heterocycles. The van der Waals surface area contributed by atoms with Crippen molar-refractivity contribution in [2.75, 3.05) is 13.7 Å². The summed E-state index contributed by atoms with van der Waals surface area (Å²) in [5.41, 5.74) is 2.16. The summed E-state index contributed by atoms with van der Waals surface area (Å²) in [5.74, 6) is 4.64. The van der Waals surface area contributed by atoms with Crippen LogP contribution < -0.4 is 4.74 Å². The Kier molecular flexibility index (Phi) is 8.49. The molecule has 0 saturated heterocycles. The Labute approximate surface area is 206 Å². The van der Waals surface area contributed by atoms with Crippen LogP contribution in [0.1, 0.15) is 81.8 Å². The molecule has 5 aliphatic carbocycles. The van der Waals surface area contributed by atoms with Crippen LogP contribution in [0.25, 0.3) is 0 Å². The quantitative estimate of drug-likeness (QED) is 0.398. The van der Waals surface area contributed by atoms with Crippen molar-refractivity contribution >= 4 is 23.2 Å². The molecule has 0 aromatic heterocycles. The van der Waals surface area contributed by atoms with Gasteiger partial charge in [-0.3, -0.25) is 4.99 Å². The molecule has 0 spiro atoms. The maximum absolute atomic E-state index is 11.3. The molecule has 6 heteroatoms. The fraction of sp³-hybridized carbons (Fsp3) is 0.720. The van der Waals surface area contributed by atoms with Crippen molar-refractivity contribution in [3.05, 3.63) is 23.3 Å². The van der Waals surface area contributed by atoms with Gasteiger partial charge in [-0.05, 0) is 92.6 Å². The van der Waals surface area contributed by atoms with E-state index in [1.807, 2.05) is 12.3 Å². The second kappa shape index (κ2) is 10.9. The van der Waals surface area contributed by atoms with Gasteiger partial charge in [-0.2, -0.15) is 0 Å². The third kappa shape index (κ3) is 5.55. The van der Waals surface area contributed by atoms with Crippen LogP contribution in [-0.2, 0) is 26.3 Å². The van der Waals surface area contributed by atoms with E-state index in [0.717, 1.165) is 47.1 Å². The van der Waals surface area contributed by atoms with E-state index >= 15 is 0 Å². The summed E-state index contributed by atoms with van der Waals surface area (Å²) in [6.07, 6.45) is 16.6. The van der Waals surface area contributed by atoms with Gasteiger partial charge in [-0.1, -0.05) is 19.3 Å². The number of halogens is 2. The number of benzene rings is 1. The van der Waals surface area contributed by atoms with Crippen molar-refractivity contribution in [1.29, 1.82) is 0 Å². The van der Waals surface area contributed by atoms with Gasteiger partial charge in [0.05, 0.1) is 7.11 Å². The number of phenols is 1. The third-order valence-corrected chi connectivity index (χ3v) is 8.28. The van der Waals surface area contributed by atoms with Gasteiger partial charge in [-0.25, -0.2) is 0 Å². The summed E-state index contributed by atoms with van der Waals surface area (Å²) in [5, 5.41) is 11.3. The molecule has 4 bridgehead atoms. The van der Waals surface area contributed by atoms with E-state index < -0.39 is 20.8 Å². The first-order valence-electron chi connectivity index (χ1n) is 11.9. The van der Waals surface area contributed by atoms with Crippen LogP contribution >= 0.6 is 17.0 Å². The second-order valence-corrected chi connectivity index (χ2v) is 14.1. The normalized spacial score (nSPS) is 32.0. The molecule has 6 rings (SSSR count). The molecule has 3 nitrogen and oxygen atoms in total. The number of aromatic hydroxyl groups is 1. The minimum absolute atomic E-state index is 0.166. The van der Waals surface area contributed by atoms with Crippen LogP contribution in [0.5, 0.6) is 11.5 Å². The topological polar surface area (TPSA) is 41.8 Å². The fourth-order valence-electron chi connectivity index (χ4n) is 7.36. The van der Waals surface area contributed by atoms with E-state index in [2.05, 4.69) is 6.07 Å². The van der Waals surface area contributed by atoms with E-state index in [-0.39, 0.29) is 5.41 Å². The van der Waals surface area contributed by atoms with Crippen LogP contribution in [0.15, 0.2) is 17.1 Å². The Hall–Kier alpha value is -0.0469. The van der Waals surface area contributed by atoms with Crippen molar-refractivity contribution in [2.24, 2.45) is 28.7 Å². The molecule has 5 fully saturated rings. The first-order valence-corrected chi connectivity index (χ1v) is 18.3. The summed E-state index contributed by atoms with van der Waals surface area (Å²) in [4.78, 5) is 4.75. The van der Waals surface area contributed by atoms with Crippen molar-refractivity contribution in [3.8, 4) is 11.5 Å². The number of methoxy groups -OCH3 is 1. The molecular formula is C25H35Cl2NO2Zr. The Morgan fingerprint density at radius 1 is 1.06 bits per heavy atom. The molecular weight excluding hydrogens is 508 g/mol. The van der Waals surface area contributed by atoms with Gasteiger partial charge < -0.3 is 9.84 Å². The summed E-state index contributed by atoms with van der Waals surface area (Å²) in [6, 6.07) is 4.09. The van der Waals surface area contributed by atoms with Gasteiger partial charge in [0.2, 0.25) is 0 Å². The van der Waals surface area contributed by atoms with Gasteiger partial charge in [0, 0.05) is 23.9 Å². The standard InChI is InChI=1S/C25H35NO2.2ClH.Zr/c1-28-22-10-21(16-26-15-17-5-3-2-4-6-17)24(27)23(11-22)25-12-18-7-19(13-25)9-20(8-18)14-25;;;/h10-11,16-20,27H,2-9,12-15H2,1H3;2*1H;/q;;;+2/p-2. The monoisotopic (exact) mass is 541 g/mol. The van der Waals surface area contributed by atoms with Crippen LogP contribution in [0, 0.1) is 23.7 Å². The van der Waals surface area contributed by atoms with Gasteiger partial charge in [-0.15, -0.1) is 0 Å². The Morgan fingerprint density at radius 3 is 2.19 bits per heavy atom. The van der Waals surface area contributed by atoms with E-state index in [1.165, 1.54) is 70.6 Å². The molecule has 1 aromatic carbocycles. The zero-order valence-electron chi connectivity index (χ0n) is 18.6.